The predicted octanol–water partition coefficient (Wildman–Crippen LogP) is 2.88. The van der Waals surface area contributed by atoms with Crippen molar-refractivity contribution in [2.45, 2.75) is 6.92 Å². The monoisotopic (exact) mass is 225 g/mol. The van der Waals surface area contributed by atoms with Crippen molar-refractivity contribution in [3.8, 4) is 0 Å². The van der Waals surface area contributed by atoms with Crippen molar-refractivity contribution in [2.75, 3.05) is 5.33 Å². The first-order valence-corrected chi connectivity index (χ1v) is 4.01. The summed E-state index contributed by atoms with van der Waals surface area (Å²) in [5.74, 6) is 0. The highest BCUT2D eigenvalue weighted by Crippen LogP contribution is 2.03. The van der Waals surface area contributed by atoms with Gasteiger partial charge in [-0.25, -0.2) is 0 Å². The first kappa shape index (κ1) is 7.70. The molecular weight excluding hydrogens is 220 g/mol. The number of hydrogen-bond acceptors (Lipinski definition) is 0. The second kappa shape index (κ2) is 4.85. The third kappa shape index (κ3) is 4.56. The SMILES string of the molecule is C/C([CH]Br)=C\CBr. The number of rotatable bonds is 2. The summed E-state index contributed by atoms with van der Waals surface area (Å²) in [6.07, 6.45) is 2.08. The van der Waals surface area contributed by atoms with Crippen LogP contribution in [0.2, 0.25) is 0 Å². The van der Waals surface area contributed by atoms with Crippen molar-refractivity contribution >= 4 is 31.9 Å². The Bertz CT molecular complexity index is 66.5. The van der Waals surface area contributed by atoms with Crippen molar-refractivity contribution in [2.24, 2.45) is 0 Å². The Labute approximate surface area is 61.2 Å². The van der Waals surface area contributed by atoms with Crippen LogP contribution in [0.25, 0.3) is 0 Å². The maximum Gasteiger partial charge on any atom is 0.0515 e. The van der Waals surface area contributed by atoms with Crippen LogP contribution in [-0.4, -0.2) is 5.33 Å². The van der Waals surface area contributed by atoms with E-state index in [1.54, 1.807) is 0 Å². The van der Waals surface area contributed by atoms with E-state index < -0.39 is 0 Å². The van der Waals surface area contributed by atoms with Gasteiger partial charge in [0.2, 0.25) is 0 Å². The van der Waals surface area contributed by atoms with Gasteiger partial charge in [-0.1, -0.05) is 43.5 Å². The Morgan fingerprint density at radius 2 is 2.29 bits per heavy atom. The lowest BCUT2D eigenvalue weighted by Gasteiger charge is -1.85. The molecule has 0 nitrogen and oxygen atoms in total. The highest BCUT2D eigenvalue weighted by atomic mass is 79.9. The van der Waals surface area contributed by atoms with Gasteiger partial charge in [0.05, 0.1) is 5.33 Å². The molecule has 0 atom stereocenters. The Balaban J connectivity index is 3.29. The molecule has 0 aliphatic rings. The van der Waals surface area contributed by atoms with E-state index in [1.807, 2.05) is 12.3 Å². The zero-order valence-electron chi connectivity index (χ0n) is 4.12. The van der Waals surface area contributed by atoms with Crippen molar-refractivity contribution in [1.29, 1.82) is 0 Å². The second-order valence-corrected chi connectivity index (χ2v) is 2.32. The smallest absolute Gasteiger partial charge is 0.0515 e. The van der Waals surface area contributed by atoms with Crippen LogP contribution in [0.4, 0.5) is 0 Å². The quantitative estimate of drug-likeness (QED) is 0.636. The highest BCUT2D eigenvalue weighted by molar-refractivity contribution is 9.10. The van der Waals surface area contributed by atoms with Gasteiger partial charge in [0, 0.05) is 5.33 Å². The summed E-state index contributed by atoms with van der Waals surface area (Å²) >= 11 is 6.48. The van der Waals surface area contributed by atoms with Crippen molar-refractivity contribution in [1.82, 2.24) is 0 Å². The molecule has 0 saturated heterocycles. The van der Waals surface area contributed by atoms with E-state index in [-0.39, 0.29) is 0 Å². The Kier molecular flexibility index (Phi) is 5.33. The summed E-state index contributed by atoms with van der Waals surface area (Å²) in [4.78, 5) is 0. The van der Waals surface area contributed by atoms with Crippen molar-refractivity contribution in [3.05, 3.63) is 17.0 Å². The maximum absolute atomic E-state index is 3.27. The van der Waals surface area contributed by atoms with E-state index in [4.69, 9.17) is 0 Å². The van der Waals surface area contributed by atoms with Gasteiger partial charge in [0.25, 0.3) is 0 Å². The standard InChI is InChI=1S/C5H7Br2/c1-5(4-7)2-3-6/h2,4H,3H2,1H3/b5-2+. The second-order valence-electron chi connectivity index (χ2n) is 1.21. The molecule has 0 aromatic rings. The van der Waals surface area contributed by atoms with Crippen LogP contribution in [0.5, 0.6) is 0 Å². The fraction of sp³-hybridized carbons (Fsp3) is 0.400. The van der Waals surface area contributed by atoms with E-state index in [0.717, 1.165) is 5.33 Å². The lowest BCUT2D eigenvalue weighted by atomic mass is 10.3. The van der Waals surface area contributed by atoms with Crippen molar-refractivity contribution in [3.63, 3.8) is 0 Å². The molecule has 0 heterocycles. The van der Waals surface area contributed by atoms with E-state index in [1.165, 1.54) is 5.57 Å². The van der Waals surface area contributed by atoms with Crippen LogP contribution < -0.4 is 0 Å². The van der Waals surface area contributed by atoms with Crippen LogP contribution in [0.15, 0.2) is 11.6 Å². The summed E-state index contributed by atoms with van der Waals surface area (Å²) in [6.45, 7) is 2.04. The molecule has 0 amide bonds. The molecule has 0 spiro atoms. The van der Waals surface area contributed by atoms with Crippen LogP contribution in [-0.2, 0) is 0 Å². The molecule has 7 heavy (non-hydrogen) atoms. The third-order valence-electron chi connectivity index (χ3n) is 0.571. The molecule has 0 aromatic heterocycles. The third-order valence-corrected chi connectivity index (χ3v) is 1.62. The number of halogens is 2. The predicted molar refractivity (Wildman–Crippen MR) is 40.8 cm³/mol. The maximum atomic E-state index is 3.27. The first-order valence-electron chi connectivity index (χ1n) is 1.97. The van der Waals surface area contributed by atoms with Gasteiger partial charge in [0.15, 0.2) is 0 Å². The van der Waals surface area contributed by atoms with E-state index in [0.29, 0.717) is 0 Å². The Morgan fingerprint density at radius 1 is 1.71 bits per heavy atom. The summed E-state index contributed by atoms with van der Waals surface area (Å²) in [5, 5.41) is 2.83. The molecule has 41 valence electrons. The minimum atomic E-state index is 0.931. The molecule has 0 aliphatic heterocycles. The number of hydrogen-bond donors (Lipinski definition) is 0. The topological polar surface area (TPSA) is 0 Å². The molecule has 0 rings (SSSR count). The van der Waals surface area contributed by atoms with E-state index >= 15 is 0 Å². The highest BCUT2D eigenvalue weighted by Gasteiger charge is 1.79. The Hall–Kier alpha value is 0.700. The van der Waals surface area contributed by atoms with Crippen LogP contribution in [0.1, 0.15) is 6.92 Å². The minimum Gasteiger partial charge on any atom is -0.0883 e. The van der Waals surface area contributed by atoms with E-state index in [9.17, 15) is 0 Å². The fourth-order valence-electron chi connectivity index (χ4n) is 0.166. The summed E-state index contributed by atoms with van der Waals surface area (Å²) in [7, 11) is 0. The molecule has 0 saturated carbocycles. The van der Waals surface area contributed by atoms with Gasteiger partial charge in [-0.3, -0.25) is 0 Å². The van der Waals surface area contributed by atoms with Gasteiger partial charge in [0.1, 0.15) is 0 Å². The Morgan fingerprint density at radius 3 is 2.43 bits per heavy atom. The molecular formula is C5H7Br2. The molecule has 0 fully saturated rings. The average molecular weight is 227 g/mol. The molecule has 0 bridgehead atoms. The van der Waals surface area contributed by atoms with Crippen LogP contribution >= 0.6 is 31.9 Å². The molecule has 0 unspecified atom stereocenters. The largest absolute Gasteiger partial charge is 0.0883 e. The van der Waals surface area contributed by atoms with Crippen LogP contribution in [0, 0.1) is 5.33 Å². The first-order chi connectivity index (χ1) is 3.31. The average Bonchev–Trinajstić information content (AvgIpc) is 1.68. The van der Waals surface area contributed by atoms with E-state index in [2.05, 4.69) is 37.9 Å². The zero-order valence-corrected chi connectivity index (χ0v) is 7.29. The lowest BCUT2D eigenvalue weighted by molar-refractivity contribution is 1.48. The normalized spacial score (nSPS) is 12.1. The zero-order chi connectivity index (χ0) is 5.70. The van der Waals surface area contributed by atoms with Crippen molar-refractivity contribution < 1.29 is 0 Å². The van der Waals surface area contributed by atoms with Gasteiger partial charge < -0.3 is 0 Å². The summed E-state index contributed by atoms with van der Waals surface area (Å²) in [6, 6.07) is 0. The van der Waals surface area contributed by atoms with Crippen LogP contribution in [0.3, 0.4) is 0 Å². The molecule has 0 N–H and O–H groups in total. The number of alkyl halides is 1. The van der Waals surface area contributed by atoms with Gasteiger partial charge in [-0.05, 0) is 6.92 Å². The minimum absolute atomic E-state index is 0.931. The fourth-order valence-corrected chi connectivity index (χ4v) is 0.864. The summed E-state index contributed by atoms with van der Waals surface area (Å²) in [5.41, 5.74) is 1.25. The van der Waals surface area contributed by atoms with Gasteiger partial charge in [-0.2, -0.15) is 0 Å². The lowest BCUT2D eigenvalue weighted by Crippen LogP contribution is -1.68. The molecule has 0 aliphatic carbocycles. The summed E-state index contributed by atoms with van der Waals surface area (Å²) < 4.78 is 0. The van der Waals surface area contributed by atoms with Gasteiger partial charge >= 0.3 is 0 Å². The molecule has 0 aromatic carbocycles. The molecule has 2 heteroatoms. The molecule has 1 radical (unpaired) electrons. The van der Waals surface area contributed by atoms with Gasteiger partial charge in [-0.15, -0.1) is 0 Å². The number of allylic oxidation sites excluding steroid dienone is 2.